The van der Waals surface area contributed by atoms with E-state index in [4.69, 9.17) is 0 Å². The fourth-order valence-electron chi connectivity index (χ4n) is 2.37. The molecule has 0 bridgehead atoms. The lowest BCUT2D eigenvalue weighted by Crippen LogP contribution is -2.27. The van der Waals surface area contributed by atoms with Gasteiger partial charge in [-0.15, -0.1) is 11.8 Å². The SMILES string of the molecule is CC(C)Sc1ccccc1C(=O)N[C@H](C)c1ccc(S(C)(=O)=O)cc1. The van der Waals surface area contributed by atoms with E-state index in [1.807, 2.05) is 31.2 Å². The minimum atomic E-state index is -3.22. The Morgan fingerprint density at radius 1 is 1.00 bits per heavy atom. The van der Waals surface area contributed by atoms with Crippen LogP contribution in [0.1, 0.15) is 42.7 Å². The first-order valence-corrected chi connectivity index (χ1v) is 10.8. The number of nitrogens with one attached hydrogen (secondary N) is 1. The molecule has 2 aromatic carbocycles. The summed E-state index contributed by atoms with van der Waals surface area (Å²) in [4.78, 5) is 13.9. The van der Waals surface area contributed by atoms with Crippen molar-refractivity contribution in [2.75, 3.05) is 6.26 Å². The van der Waals surface area contributed by atoms with Crippen molar-refractivity contribution in [1.29, 1.82) is 0 Å². The molecule has 0 aliphatic heterocycles. The lowest BCUT2D eigenvalue weighted by molar-refractivity contribution is 0.0937. The van der Waals surface area contributed by atoms with Crippen LogP contribution in [0.15, 0.2) is 58.3 Å². The topological polar surface area (TPSA) is 63.2 Å². The number of hydrogen-bond acceptors (Lipinski definition) is 4. The van der Waals surface area contributed by atoms with Crippen LogP contribution in [0.5, 0.6) is 0 Å². The molecule has 0 aromatic heterocycles. The third-order valence-corrected chi connectivity index (χ3v) is 5.86. The highest BCUT2D eigenvalue weighted by atomic mass is 32.2. The van der Waals surface area contributed by atoms with Crippen LogP contribution in [0.2, 0.25) is 0 Å². The highest BCUT2D eigenvalue weighted by Crippen LogP contribution is 2.27. The van der Waals surface area contributed by atoms with Crippen LogP contribution in [0.25, 0.3) is 0 Å². The molecular weight excluding hydrogens is 354 g/mol. The monoisotopic (exact) mass is 377 g/mol. The number of thioether (sulfide) groups is 1. The summed E-state index contributed by atoms with van der Waals surface area (Å²) in [5.41, 5.74) is 1.51. The molecule has 0 heterocycles. The third kappa shape index (κ3) is 5.34. The van der Waals surface area contributed by atoms with Gasteiger partial charge in [0.25, 0.3) is 5.91 Å². The summed E-state index contributed by atoms with van der Waals surface area (Å²) in [7, 11) is -3.22. The minimum absolute atomic E-state index is 0.136. The standard InChI is InChI=1S/C19H23NO3S2/c1-13(2)24-18-8-6-5-7-17(18)19(21)20-14(3)15-9-11-16(12-10-15)25(4,22)23/h5-14H,1-4H3,(H,20,21)/t14-/m1/s1. The molecule has 2 rings (SSSR count). The Hall–Kier alpha value is -1.79. The van der Waals surface area contributed by atoms with Crippen LogP contribution < -0.4 is 5.32 Å². The molecule has 1 N–H and O–H groups in total. The van der Waals surface area contributed by atoms with Crippen molar-refractivity contribution < 1.29 is 13.2 Å². The molecule has 25 heavy (non-hydrogen) atoms. The van der Waals surface area contributed by atoms with Gasteiger partial charge in [0, 0.05) is 16.4 Å². The summed E-state index contributed by atoms with van der Waals surface area (Å²) in [6.45, 7) is 6.06. The number of carbonyl (C=O) groups is 1. The summed E-state index contributed by atoms with van der Waals surface area (Å²) in [6.07, 6.45) is 1.18. The predicted octanol–water partition coefficient (Wildman–Crippen LogP) is 4.08. The number of carbonyl (C=O) groups excluding carboxylic acids is 1. The largest absolute Gasteiger partial charge is 0.345 e. The van der Waals surface area contributed by atoms with E-state index >= 15 is 0 Å². The van der Waals surface area contributed by atoms with E-state index in [2.05, 4.69) is 19.2 Å². The van der Waals surface area contributed by atoms with Gasteiger partial charge in [-0.1, -0.05) is 38.1 Å². The van der Waals surface area contributed by atoms with Crippen LogP contribution in [-0.4, -0.2) is 25.8 Å². The van der Waals surface area contributed by atoms with Crippen molar-refractivity contribution in [2.24, 2.45) is 0 Å². The molecule has 0 saturated heterocycles. The first-order valence-electron chi connectivity index (χ1n) is 8.05. The fraction of sp³-hybridized carbons (Fsp3) is 0.316. The van der Waals surface area contributed by atoms with Crippen LogP contribution in [0, 0.1) is 0 Å². The highest BCUT2D eigenvalue weighted by molar-refractivity contribution is 8.00. The van der Waals surface area contributed by atoms with Gasteiger partial charge >= 0.3 is 0 Å². The quantitative estimate of drug-likeness (QED) is 0.771. The first kappa shape index (κ1) is 19.5. The lowest BCUT2D eigenvalue weighted by Gasteiger charge is -2.17. The van der Waals surface area contributed by atoms with Gasteiger partial charge in [0.1, 0.15) is 0 Å². The fourth-order valence-corrected chi connectivity index (χ4v) is 3.96. The average Bonchev–Trinajstić information content (AvgIpc) is 2.54. The van der Waals surface area contributed by atoms with Gasteiger partial charge in [0.2, 0.25) is 0 Å². The second kappa shape index (κ2) is 8.06. The maximum Gasteiger partial charge on any atom is 0.252 e. The van der Waals surface area contributed by atoms with Crippen molar-refractivity contribution in [1.82, 2.24) is 5.32 Å². The summed E-state index contributed by atoms with van der Waals surface area (Å²) in [6, 6.07) is 13.9. The summed E-state index contributed by atoms with van der Waals surface area (Å²) >= 11 is 1.65. The Balaban J connectivity index is 2.15. The third-order valence-electron chi connectivity index (χ3n) is 3.65. The molecule has 134 valence electrons. The van der Waals surface area contributed by atoms with Gasteiger partial charge in [-0.25, -0.2) is 8.42 Å². The van der Waals surface area contributed by atoms with E-state index in [9.17, 15) is 13.2 Å². The molecule has 0 spiro atoms. The zero-order valence-corrected chi connectivity index (χ0v) is 16.4. The molecule has 2 aromatic rings. The smallest absolute Gasteiger partial charge is 0.252 e. The molecule has 1 atom stereocenters. The molecule has 0 radical (unpaired) electrons. The van der Waals surface area contributed by atoms with Crippen molar-refractivity contribution >= 4 is 27.5 Å². The van der Waals surface area contributed by atoms with Gasteiger partial charge in [-0.3, -0.25) is 4.79 Å². The van der Waals surface area contributed by atoms with Crippen LogP contribution in [-0.2, 0) is 9.84 Å². The molecule has 0 fully saturated rings. The molecule has 1 amide bonds. The zero-order valence-electron chi connectivity index (χ0n) is 14.8. The van der Waals surface area contributed by atoms with Crippen molar-refractivity contribution in [3.63, 3.8) is 0 Å². The Morgan fingerprint density at radius 2 is 1.60 bits per heavy atom. The van der Waals surface area contributed by atoms with E-state index in [-0.39, 0.29) is 16.8 Å². The maximum atomic E-state index is 12.6. The van der Waals surface area contributed by atoms with Gasteiger partial charge < -0.3 is 5.32 Å². The molecule has 6 heteroatoms. The average molecular weight is 378 g/mol. The number of amides is 1. The highest BCUT2D eigenvalue weighted by Gasteiger charge is 2.16. The van der Waals surface area contributed by atoms with E-state index in [0.29, 0.717) is 10.8 Å². The lowest BCUT2D eigenvalue weighted by atomic mass is 10.1. The van der Waals surface area contributed by atoms with Gasteiger partial charge in [-0.05, 0) is 36.8 Å². The number of hydrogen-bond donors (Lipinski definition) is 1. The molecular formula is C19H23NO3S2. The normalized spacial score (nSPS) is 12.8. The second-order valence-corrected chi connectivity index (χ2v) is 9.83. The van der Waals surface area contributed by atoms with E-state index < -0.39 is 9.84 Å². The predicted molar refractivity (Wildman–Crippen MR) is 103 cm³/mol. The van der Waals surface area contributed by atoms with Gasteiger partial charge in [0.05, 0.1) is 16.5 Å². The minimum Gasteiger partial charge on any atom is -0.345 e. The van der Waals surface area contributed by atoms with Crippen LogP contribution >= 0.6 is 11.8 Å². The Labute approximate surface area is 154 Å². The zero-order chi connectivity index (χ0) is 18.6. The van der Waals surface area contributed by atoms with E-state index in [0.717, 1.165) is 10.5 Å². The molecule has 0 aliphatic carbocycles. The number of rotatable bonds is 6. The Morgan fingerprint density at radius 3 is 2.16 bits per heavy atom. The number of sulfone groups is 1. The van der Waals surface area contributed by atoms with Gasteiger partial charge in [0.15, 0.2) is 9.84 Å². The summed E-state index contributed by atoms with van der Waals surface area (Å²) < 4.78 is 23.1. The molecule has 0 unspecified atom stereocenters. The van der Waals surface area contributed by atoms with Crippen LogP contribution in [0.4, 0.5) is 0 Å². The van der Waals surface area contributed by atoms with Crippen molar-refractivity contribution in [3.05, 3.63) is 59.7 Å². The van der Waals surface area contributed by atoms with E-state index in [1.54, 1.807) is 36.0 Å². The Bertz CT molecular complexity index is 843. The van der Waals surface area contributed by atoms with Gasteiger partial charge in [-0.2, -0.15) is 0 Å². The Kier molecular flexibility index (Phi) is 6.30. The molecule has 0 aliphatic rings. The van der Waals surface area contributed by atoms with Crippen LogP contribution in [0.3, 0.4) is 0 Å². The van der Waals surface area contributed by atoms with E-state index in [1.165, 1.54) is 6.26 Å². The molecule has 0 saturated carbocycles. The number of benzene rings is 2. The summed E-state index contributed by atoms with van der Waals surface area (Å²) in [5.74, 6) is -0.136. The first-order chi connectivity index (χ1) is 11.7. The van der Waals surface area contributed by atoms with Crippen molar-refractivity contribution in [2.45, 2.75) is 41.9 Å². The maximum absolute atomic E-state index is 12.6. The second-order valence-electron chi connectivity index (χ2n) is 6.20. The summed E-state index contributed by atoms with van der Waals surface area (Å²) in [5, 5.41) is 3.37. The molecule has 4 nitrogen and oxygen atoms in total. The van der Waals surface area contributed by atoms with Crippen molar-refractivity contribution in [3.8, 4) is 0 Å².